The molecule has 0 N–H and O–H groups in total. The van der Waals surface area contributed by atoms with E-state index in [9.17, 15) is 9.59 Å². The number of allylic oxidation sites excluding steroid dienone is 2. The van der Waals surface area contributed by atoms with Gasteiger partial charge >= 0.3 is 11.9 Å². The number of hydrogen-bond donors (Lipinski definition) is 0. The van der Waals surface area contributed by atoms with Gasteiger partial charge in [-0.15, -0.1) is 0 Å². The highest BCUT2D eigenvalue weighted by molar-refractivity contribution is 5.82. The van der Waals surface area contributed by atoms with E-state index in [4.69, 9.17) is 28.4 Å². The maximum atomic E-state index is 12.7. The zero-order valence-electron chi connectivity index (χ0n) is 16.9. The molecule has 3 aliphatic rings. The minimum atomic E-state index is -0.702. The standard InChI is InChI=1S/C22H24O8/c1-25-21(23)15(7-13-3-5-17-19(9-13)29-11-27-17)16(22(24)26-2)8-14-4-6-18-20(10-14)30-12-28-18/h3,5-6,9-10,14-16H,4,7-8,11-12H2,1-2H3. The van der Waals surface area contributed by atoms with Crippen LogP contribution in [0, 0.1) is 17.8 Å². The van der Waals surface area contributed by atoms with E-state index < -0.39 is 23.8 Å². The Hall–Kier alpha value is -3.16. The van der Waals surface area contributed by atoms with Crippen LogP contribution in [0.5, 0.6) is 11.5 Å². The van der Waals surface area contributed by atoms with E-state index in [1.54, 1.807) is 6.07 Å². The lowest BCUT2D eigenvalue weighted by Crippen LogP contribution is -2.34. The lowest BCUT2D eigenvalue weighted by Gasteiger charge is -2.26. The van der Waals surface area contributed by atoms with Crippen LogP contribution in [-0.2, 0) is 35.0 Å². The molecule has 0 saturated carbocycles. The van der Waals surface area contributed by atoms with Gasteiger partial charge in [-0.05, 0) is 55.0 Å². The van der Waals surface area contributed by atoms with Gasteiger partial charge in [0.25, 0.3) is 0 Å². The van der Waals surface area contributed by atoms with E-state index in [0.717, 1.165) is 11.3 Å². The molecule has 4 rings (SSSR count). The molecule has 0 radical (unpaired) electrons. The molecule has 8 nitrogen and oxygen atoms in total. The number of hydrogen-bond acceptors (Lipinski definition) is 8. The van der Waals surface area contributed by atoms with Crippen LogP contribution >= 0.6 is 0 Å². The summed E-state index contributed by atoms with van der Waals surface area (Å²) < 4.78 is 31.7. The fraction of sp³-hybridized carbons (Fsp3) is 0.455. The van der Waals surface area contributed by atoms with Gasteiger partial charge in [-0.1, -0.05) is 6.07 Å². The largest absolute Gasteiger partial charge is 0.469 e. The minimum absolute atomic E-state index is 0.0125. The highest BCUT2D eigenvalue weighted by Crippen LogP contribution is 2.37. The molecule has 1 aromatic carbocycles. The Kier molecular flexibility index (Phi) is 5.83. The maximum Gasteiger partial charge on any atom is 0.309 e. The van der Waals surface area contributed by atoms with Crippen molar-refractivity contribution < 1.29 is 38.0 Å². The van der Waals surface area contributed by atoms with Crippen LogP contribution < -0.4 is 9.47 Å². The second-order valence-electron chi connectivity index (χ2n) is 7.39. The normalized spacial score (nSPS) is 20.7. The Balaban J connectivity index is 1.56. The van der Waals surface area contributed by atoms with Crippen LogP contribution in [0.2, 0.25) is 0 Å². The van der Waals surface area contributed by atoms with Crippen molar-refractivity contribution in [3.8, 4) is 11.5 Å². The zero-order chi connectivity index (χ0) is 21.1. The summed E-state index contributed by atoms with van der Waals surface area (Å²) in [6.45, 7) is 0.362. The molecule has 1 saturated heterocycles. The quantitative estimate of drug-likeness (QED) is 0.627. The van der Waals surface area contributed by atoms with Crippen LogP contribution in [0.3, 0.4) is 0 Å². The predicted molar refractivity (Wildman–Crippen MR) is 103 cm³/mol. The second kappa shape index (κ2) is 8.69. The van der Waals surface area contributed by atoms with Gasteiger partial charge in [0.15, 0.2) is 23.0 Å². The number of fused-ring (bicyclic) bond motifs is 2. The van der Waals surface area contributed by atoms with Crippen LogP contribution in [-0.4, -0.2) is 39.7 Å². The molecule has 1 aliphatic carbocycles. The number of esters is 2. The van der Waals surface area contributed by atoms with Crippen LogP contribution in [0.4, 0.5) is 0 Å². The first kappa shape index (κ1) is 20.1. The number of methoxy groups -OCH3 is 2. The molecule has 30 heavy (non-hydrogen) atoms. The average molecular weight is 416 g/mol. The summed E-state index contributed by atoms with van der Waals surface area (Å²) >= 11 is 0. The third kappa shape index (κ3) is 4.08. The molecule has 0 aromatic heterocycles. The topological polar surface area (TPSA) is 89.5 Å². The molecule has 2 heterocycles. The summed E-state index contributed by atoms with van der Waals surface area (Å²) in [4.78, 5) is 25.4. The third-order valence-corrected chi connectivity index (χ3v) is 5.61. The van der Waals surface area contributed by atoms with Crippen molar-refractivity contribution >= 4 is 11.9 Å². The van der Waals surface area contributed by atoms with E-state index in [-0.39, 0.29) is 19.5 Å². The summed E-state index contributed by atoms with van der Waals surface area (Å²) in [7, 11) is 2.65. The fourth-order valence-corrected chi connectivity index (χ4v) is 4.06. The molecule has 2 aliphatic heterocycles. The molecule has 1 aromatic rings. The third-order valence-electron chi connectivity index (χ3n) is 5.61. The molecular formula is C22H24O8. The van der Waals surface area contributed by atoms with E-state index >= 15 is 0 Å². The Bertz CT molecular complexity index is 887. The molecule has 1 fully saturated rings. The van der Waals surface area contributed by atoms with Crippen LogP contribution in [0.1, 0.15) is 18.4 Å². The van der Waals surface area contributed by atoms with Gasteiger partial charge in [-0.2, -0.15) is 0 Å². The molecule has 0 bridgehead atoms. The van der Waals surface area contributed by atoms with Crippen molar-refractivity contribution in [2.24, 2.45) is 17.8 Å². The van der Waals surface area contributed by atoms with Crippen molar-refractivity contribution in [3.63, 3.8) is 0 Å². The number of carbonyl (C=O) groups excluding carboxylic acids is 2. The van der Waals surface area contributed by atoms with Gasteiger partial charge in [0.1, 0.15) is 0 Å². The Morgan fingerprint density at radius 2 is 1.67 bits per heavy atom. The lowest BCUT2D eigenvalue weighted by atomic mass is 9.79. The second-order valence-corrected chi connectivity index (χ2v) is 7.39. The van der Waals surface area contributed by atoms with Gasteiger partial charge in [0, 0.05) is 0 Å². The first-order valence-electron chi connectivity index (χ1n) is 9.81. The van der Waals surface area contributed by atoms with Gasteiger partial charge < -0.3 is 28.4 Å². The molecule has 160 valence electrons. The number of ether oxygens (including phenoxy) is 6. The molecule has 3 atom stereocenters. The monoisotopic (exact) mass is 416 g/mol. The number of benzene rings is 1. The van der Waals surface area contributed by atoms with Crippen molar-refractivity contribution in [2.75, 3.05) is 27.8 Å². The van der Waals surface area contributed by atoms with Crippen molar-refractivity contribution in [2.45, 2.75) is 19.3 Å². The smallest absolute Gasteiger partial charge is 0.309 e. The fourth-order valence-electron chi connectivity index (χ4n) is 4.06. The SMILES string of the molecule is COC(=O)C(Cc1ccc2c(c1)OCO2)C(CC1C=C2OCOC2=CC1)C(=O)OC. The summed E-state index contributed by atoms with van der Waals surface area (Å²) in [5.41, 5.74) is 0.847. The summed E-state index contributed by atoms with van der Waals surface area (Å²) in [5, 5.41) is 0. The van der Waals surface area contributed by atoms with Gasteiger partial charge in [0.2, 0.25) is 13.6 Å². The Morgan fingerprint density at radius 1 is 0.967 bits per heavy atom. The first-order valence-corrected chi connectivity index (χ1v) is 9.81. The van der Waals surface area contributed by atoms with E-state index in [0.29, 0.717) is 36.5 Å². The summed E-state index contributed by atoms with van der Waals surface area (Å²) in [6, 6.07) is 5.49. The molecule has 3 unspecified atom stereocenters. The van der Waals surface area contributed by atoms with Crippen molar-refractivity contribution in [1.29, 1.82) is 0 Å². The number of rotatable bonds is 7. The van der Waals surface area contributed by atoms with Crippen LogP contribution in [0.15, 0.2) is 41.9 Å². The van der Waals surface area contributed by atoms with Gasteiger partial charge in [0.05, 0.1) is 26.1 Å². The minimum Gasteiger partial charge on any atom is -0.469 e. The molecule has 0 spiro atoms. The Morgan fingerprint density at radius 3 is 2.47 bits per heavy atom. The first-order chi connectivity index (χ1) is 14.6. The predicted octanol–water partition coefficient (Wildman–Crippen LogP) is 2.72. The van der Waals surface area contributed by atoms with Gasteiger partial charge in [-0.3, -0.25) is 9.59 Å². The highest BCUT2D eigenvalue weighted by atomic mass is 16.7. The molecule has 0 amide bonds. The van der Waals surface area contributed by atoms with E-state index in [1.807, 2.05) is 24.3 Å². The van der Waals surface area contributed by atoms with E-state index in [2.05, 4.69) is 0 Å². The summed E-state index contributed by atoms with van der Waals surface area (Å²) in [5.74, 6) is 0.432. The Labute approximate surface area is 174 Å². The van der Waals surface area contributed by atoms with Crippen molar-refractivity contribution in [3.05, 3.63) is 47.4 Å². The molecule has 8 heteroatoms. The van der Waals surface area contributed by atoms with E-state index in [1.165, 1.54) is 14.2 Å². The number of carbonyl (C=O) groups is 2. The zero-order valence-corrected chi connectivity index (χ0v) is 16.9. The molecular weight excluding hydrogens is 392 g/mol. The summed E-state index contributed by atoms with van der Waals surface area (Å²) in [6.07, 6.45) is 5.33. The highest BCUT2D eigenvalue weighted by Gasteiger charge is 2.38. The lowest BCUT2D eigenvalue weighted by molar-refractivity contribution is -0.158. The maximum absolute atomic E-state index is 12.7. The average Bonchev–Trinajstić information content (AvgIpc) is 3.43. The van der Waals surface area contributed by atoms with Gasteiger partial charge in [-0.25, -0.2) is 0 Å². The van der Waals surface area contributed by atoms with Crippen LogP contribution in [0.25, 0.3) is 0 Å². The van der Waals surface area contributed by atoms with Crippen molar-refractivity contribution in [1.82, 2.24) is 0 Å².